The number of anilines is 1. The van der Waals surface area contributed by atoms with Crippen LogP contribution in [0.15, 0.2) is 12.2 Å². The van der Waals surface area contributed by atoms with Crippen LogP contribution in [0.5, 0.6) is 0 Å². The Hall–Kier alpha value is -2.15. The summed E-state index contributed by atoms with van der Waals surface area (Å²) in [6.45, 7) is 3.30. The fourth-order valence-corrected chi connectivity index (χ4v) is 3.69. The zero-order valence-corrected chi connectivity index (χ0v) is 14.0. The normalized spacial score (nSPS) is 13.0. The molecule has 0 aromatic carbocycles. The van der Waals surface area contributed by atoms with Gasteiger partial charge in [0.05, 0.1) is 12.2 Å². The van der Waals surface area contributed by atoms with Gasteiger partial charge in [-0.1, -0.05) is 6.08 Å². The van der Waals surface area contributed by atoms with Crippen molar-refractivity contribution in [2.45, 2.75) is 33.1 Å². The molecule has 0 radical (unpaired) electrons. The lowest BCUT2D eigenvalue weighted by Crippen LogP contribution is -2.21. The molecule has 1 aromatic rings. The first-order valence-corrected chi connectivity index (χ1v) is 8.29. The van der Waals surface area contributed by atoms with E-state index in [1.54, 1.807) is 13.8 Å². The standard InChI is InChI=1S/C16H19NO5S/c1-3-6-13(19)22-9-12(18)17-15-14(16(20)21-4-2)10-7-5-8-11(10)23-15/h3,6H,4-5,7-9H2,1-2H3,(H,17,18)/b6-3+. The van der Waals surface area contributed by atoms with Gasteiger partial charge in [0.25, 0.3) is 5.91 Å². The molecular formula is C16H19NO5S. The molecule has 1 aliphatic rings. The second-order valence-electron chi connectivity index (χ2n) is 4.94. The Morgan fingerprint density at radius 1 is 1.26 bits per heavy atom. The Morgan fingerprint density at radius 3 is 2.74 bits per heavy atom. The molecule has 6 nitrogen and oxygen atoms in total. The molecule has 1 heterocycles. The van der Waals surface area contributed by atoms with Gasteiger partial charge < -0.3 is 14.8 Å². The van der Waals surface area contributed by atoms with Crippen LogP contribution >= 0.6 is 11.3 Å². The highest BCUT2D eigenvalue weighted by atomic mass is 32.1. The van der Waals surface area contributed by atoms with Crippen LogP contribution in [-0.2, 0) is 31.9 Å². The summed E-state index contributed by atoms with van der Waals surface area (Å²) in [6, 6.07) is 0. The molecule has 0 aliphatic heterocycles. The van der Waals surface area contributed by atoms with Gasteiger partial charge in [0.15, 0.2) is 6.61 Å². The number of hydrogen-bond donors (Lipinski definition) is 1. The van der Waals surface area contributed by atoms with E-state index in [9.17, 15) is 14.4 Å². The molecule has 0 saturated heterocycles. The number of esters is 2. The van der Waals surface area contributed by atoms with Gasteiger partial charge in [-0.05, 0) is 38.7 Å². The summed E-state index contributed by atoms with van der Waals surface area (Å²) in [6.07, 6.45) is 5.48. The van der Waals surface area contributed by atoms with Crippen LogP contribution < -0.4 is 5.32 Å². The van der Waals surface area contributed by atoms with Gasteiger partial charge in [0.1, 0.15) is 5.00 Å². The Labute approximate surface area is 138 Å². The number of allylic oxidation sites excluding steroid dienone is 1. The molecule has 0 atom stereocenters. The van der Waals surface area contributed by atoms with E-state index < -0.39 is 24.5 Å². The second kappa shape index (κ2) is 7.92. The maximum Gasteiger partial charge on any atom is 0.341 e. The third-order valence-electron chi connectivity index (χ3n) is 3.30. The Kier molecular flexibility index (Phi) is 5.92. The van der Waals surface area contributed by atoms with E-state index in [1.165, 1.54) is 23.5 Å². The largest absolute Gasteiger partial charge is 0.462 e. The van der Waals surface area contributed by atoms with E-state index >= 15 is 0 Å². The molecule has 2 rings (SSSR count). The molecule has 124 valence electrons. The summed E-state index contributed by atoms with van der Waals surface area (Å²) in [5.74, 6) is -1.48. The summed E-state index contributed by atoms with van der Waals surface area (Å²) in [4.78, 5) is 36.4. The minimum absolute atomic E-state index is 0.276. The first-order chi connectivity index (χ1) is 11.1. The Morgan fingerprint density at radius 2 is 2.04 bits per heavy atom. The summed E-state index contributed by atoms with van der Waals surface area (Å²) in [5.41, 5.74) is 1.41. The van der Waals surface area contributed by atoms with E-state index in [-0.39, 0.29) is 6.61 Å². The number of ether oxygens (including phenoxy) is 2. The fraction of sp³-hybridized carbons (Fsp3) is 0.438. The smallest absolute Gasteiger partial charge is 0.341 e. The second-order valence-corrected chi connectivity index (χ2v) is 6.04. The number of carbonyl (C=O) groups is 3. The van der Waals surface area contributed by atoms with Gasteiger partial charge in [-0.2, -0.15) is 0 Å². The maximum atomic E-state index is 12.2. The molecule has 0 bridgehead atoms. The highest BCUT2D eigenvalue weighted by Crippen LogP contribution is 2.39. The van der Waals surface area contributed by atoms with Crippen molar-refractivity contribution in [2.24, 2.45) is 0 Å². The lowest BCUT2D eigenvalue weighted by atomic mass is 10.1. The van der Waals surface area contributed by atoms with Gasteiger partial charge >= 0.3 is 11.9 Å². The first-order valence-electron chi connectivity index (χ1n) is 7.47. The molecule has 23 heavy (non-hydrogen) atoms. The van der Waals surface area contributed by atoms with Crippen LogP contribution in [0.25, 0.3) is 0 Å². The van der Waals surface area contributed by atoms with Crippen molar-refractivity contribution >= 4 is 34.2 Å². The summed E-state index contributed by atoms with van der Waals surface area (Å²) in [5, 5.41) is 3.13. The summed E-state index contributed by atoms with van der Waals surface area (Å²) >= 11 is 1.39. The molecule has 0 spiro atoms. The highest BCUT2D eigenvalue weighted by molar-refractivity contribution is 7.17. The van der Waals surface area contributed by atoms with Gasteiger partial charge in [-0.3, -0.25) is 4.79 Å². The monoisotopic (exact) mass is 337 g/mol. The predicted octanol–water partition coefficient (Wildman–Crippen LogP) is 2.47. The van der Waals surface area contributed by atoms with Crippen molar-refractivity contribution in [3.8, 4) is 0 Å². The minimum atomic E-state index is -0.582. The van der Waals surface area contributed by atoms with Crippen LogP contribution in [0, 0.1) is 0 Å². The zero-order valence-electron chi connectivity index (χ0n) is 13.1. The van der Waals surface area contributed by atoms with Crippen molar-refractivity contribution in [2.75, 3.05) is 18.5 Å². The third kappa shape index (κ3) is 4.19. The average molecular weight is 337 g/mol. The van der Waals surface area contributed by atoms with Crippen LogP contribution in [0.4, 0.5) is 5.00 Å². The van der Waals surface area contributed by atoms with Crippen molar-refractivity contribution in [1.29, 1.82) is 0 Å². The van der Waals surface area contributed by atoms with Crippen LogP contribution in [0.2, 0.25) is 0 Å². The Bertz CT molecular complexity index is 647. The molecule has 1 N–H and O–H groups in total. The number of thiophene rings is 1. The number of rotatable bonds is 6. The van der Waals surface area contributed by atoms with Crippen molar-refractivity contribution in [3.05, 3.63) is 28.2 Å². The van der Waals surface area contributed by atoms with Crippen LogP contribution in [0.1, 0.15) is 41.1 Å². The number of amides is 1. The van der Waals surface area contributed by atoms with Gasteiger partial charge in [0.2, 0.25) is 0 Å². The molecule has 0 saturated carbocycles. The number of hydrogen-bond acceptors (Lipinski definition) is 6. The summed E-state index contributed by atoms with van der Waals surface area (Å²) < 4.78 is 9.88. The number of nitrogens with one attached hydrogen (secondary N) is 1. The van der Waals surface area contributed by atoms with E-state index in [4.69, 9.17) is 9.47 Å². The minimum Gasteiger partial charge on any atom is -0.462 e. The number of fused-ring (bicyclic) bond motifs is 1. The average Bonchev–Trinajstić information content (AvgIpc) is 3.06. The molecule has 1 amide bonds. The predicted molar refractivity (Wildman–Crippen MR) is 86.7 cm³/mol. The SMILES string of the molecule is C/C=C/C(=O)OCC(=O)Nc1sc2c(c1C(=O)OCC)CCC2. The lowest BCUT2D eigenvalue weighted by molar-refractivity contribution is -0.142. The molecule has 7 heteroatoms. The number of carbonyl (C=O) groups excluding carboxylic acids is 3. The fourth-order valence-electron chi connectivity index (χ4n) is 2.40. The molecule has 0 fully saturated rings. The lowest BCUT2D eigenvalue weighted by Gasteiger charge is -2.08. The van der Waals surface area contributed by atoms with Crippen LogP contribution in [-0.4, -0.2) is 31.1 Å². The van der Waals surface area contributed by atoms with Crippen molar-refractivity contribution < 1.29 is 23.9 Å². The van der Waals surface area contributed by atoms with Gasteiger partial charge in [0, 0.05) is 11.0 Å². The maximum absolute atomic E-state index is 12.2. The van der Waals surface area contributed by atoms with Crippen molar-refractivity contribution in [3.63, 3.8) is 0 Å². The molecule has 1 aromatic heterocycles. The van der Waals surface area contributed by atoms with E-state index in [0.29, 0.717) is 10.6 Å². The zero-order chi connectivity index (χ0) is 16.8. The molecular weight excluding hydrogens is 318 g/mol. The molecule has 1 aliphatic carbocycles. The van der Waals surface area contributed by atoms with E-state index in [2.05, 4.69) is 5.32 Å². The quantitative estimate of drug-likeness (QED) is 0.637. The van der Waals surface area contributed by atoms with Crippen LogP contribution in [0.3, 0.4) is 0 Å². The third-order valence-corrected chi connectivity index (χ3v) is 4.51. The highest BCUT2D eigenvalue weighted by Gasteiger charge is 2.28. The van der Waals surface area contributed by atoms with Gasteiger partial charge in [-0.25, -0.2) is 9.59 Å². The van der Waals surface area contributed by atoms with Gasteiger partial charge in [-0.15, -0.1) is 11.3 Å². The first kappa shape index (κ1) is 17.2. The molecule has 0 unspecified atom stereocenters. The number of aryl methyl sites for hydroxylation is 1. The topological polar surface area (TPSA) is 81.7 Å². The van der Waals surface area contributed by atoms with E-state index in [1.807, 2.05) is 0 Å². The van der Waals surface area contributed by atoms with Crippen molar-refractivity contribution in [1.82, 2.24) is 0 Å². The summed E-state index contributed by atoms with van der Waals surface area (Å²) in [7, 11) is 0. The Balaban J connectivity index is 2.09. The van der Waals surface area contributed by atoms with E-state index in [0.717, 1.165) is 29.7 Å².